The van der Waals surface area contributed by atoms with Gasteiger partial charge in [0.2, 0.25) is 0 Å². The van der Waals surface area contributed by atoms with E-state index in [0.717, 1.165) is 23.7 Å². The first-order chi connectivity index (χ1) is 8.47. The van der Waals surface area contributed by atoms with Crippen molar-refractivity contribution in [2.45, 2.75) is 12.8 Å². The Balaban J connectivity index is 2.09. The van der Waals surface area contributed by atoms with Gasteiger partial charge in [0, 0.05) is 11.5 Å². The lowest BCUT2D eigenvalue weighted by atomic mass is 10.2. The molecule has 0 aliphatic rings. The highest BCUT2D eigenvalue weighted by Gasteiger charge is 2.30. The van der Waals surface area contributed by atoms with Crippen LogP contribution in [0.1, 0.15) is 11.3 Å². The summed E-state index contributed by atoms with van der Waals surface area (Å²) < 4.78 is 46.5. The van der Waals surface area contributed by atoms with Crippen LogP contribution in [0.2, 0.25) is 4.34 Å². The molecule has 0 saturated carbocycles. The zero-order valence-electron chi connectivity index (χ0n) is 8.74. The molecule has 0 spiro atoms. The van der Waals surface area contributed by atoms with Crippen LogP contribution >= 0.6 is 23.1 Å². The molecule has 0 unspecified atom stereocenters. The molecule has 0 bridgehead atoms. The molecule has 1 aromatic carbocycles. The molecule has 8 heteroatoms. The first-order valence-electron chi connectivity index (χ1n) is 4.73. The molecule has 0 atom stereocenters. The smallest absolute Gasteiger partial charge is 0.416 e. The third-order valence-electron chi connectivity index (χ3n) is 2.05. The van der Waals surface area contributed by atoms with Crippen LogP contribution in [0.5, 0.6) is 5.75 Å². The Hall–Kier alpha value is -1.34. The lowest BCUT2D eigenvalue weighted by molar-refractivity contribution is -0.137. The van der Waals surface area contributed by atoms with Gasteiger partial charge in [-0.1, -0.05) is 22.2 Å². The van der Waals surface area contributed by atoms with Gasteiger partial charge >= 0.3 is 6.18 Å². The van der Waals surface area contributed by atoms with Gasteiger partial charge in [-0.3, -0.25) is 0 Å². The average Bonchev–Trinajstić information content (AvgIpc) is 2.72. The van der Waals surface area contributed by atoms with Crippen LogP contribution in [-0.2, 0) is 12.8 Å². The van der Waals surface area contributed by atoms with Crippen molar-refractivity contribution in [3.8, 4) is 5.75 Å². The monoisotopic (exact) mass is 294 g/mol. The Labute approximate surface area is 109 Å². The van der Waals surface area contributed by atoms with E-state index in [1.807, 2.05) is 0 Å². The van der Waals surface area contributed by atoms with E-state index < -0.39 is 11.7 Å². The minimum Gasteiger partial charge on any atom is -0.487 e. The average molecular weight is 295 g/mol. The third-order valence-corrected chi connectivity index (χ3v) is 3.03. The summed E-state index contributed by atoms with van der Waals surface area (Å²) in [5, 5.41) is 3.69. The zero-order valence-corrected chi connectivity index (χ0v) is 10.3. The van der Waals surface area contributed by atoms with Crippen molar-refractivity contribution in [2.75, 3.05) is 0 Å². The number of ether oxygens (including phenoxy) is 1. The molecule has 0 radical (unpaired) electrons. The summed E-state index contributed by atoms with van der Waals surface area (Å²) in [7, 11) is 0. The van der Waals surface area contributed by atoms with Crippen molar-refractivity contribution in [2.24, 2.45) is 0 Å². The van der Waals surface area contributed by atoms with Crippen LogP contribution < -0.4 is 4.74 Å². The van der Waals surface area contributed by atoms with E-state index in [-0.39, 0.29) is 12.4 Å². The maximum absolute atomic E-state index is 12.4. The fraction of sp³-hybridized carbons (Fsp3) is 0.200. The van der Waals surface area contributed by atoms with Crippen LogP contribution in [0.4, 0.5) is 13.2 Å². The van der Waals surface area contributed by atoms with E-state index in [1.165, 1.54) is 12.1 Å². The molecule has 2 aromatic rings. The fourth-order valence-corrected chi connectivity index (χ4v) is 1.80. The first kappa shape index (κ1) is 13.1. The zero-order chi connectivity index (χ0) is 13.2. The number of halogens is 4. The standard InChI is InChI=1S/C10H6ClF3N2OS/c11-9-8(15-16-18-9)5-17-7-3-1-2-6(4-7)10(12,13)14/h1-4H,5H2. The molecule has 0 saturated heterocycles. The third kappa shape index (κ3) is 3.11. The highest BCUT2D eigenvalue weighted by molar-refractivity contribution is 7.10. The summed E-state index contributed by atoms with van der Waals surface area (Å²) in [5.74, 6) is 0.105. The molecule has 0 aliphatic heterocycles. The van der Waals surface area contributed by atoms with Crippen LogP contribution in [0.15, 0.2) is 24.3 Å². The second-order valence-corrected chi connectivity index (χ2v) is 4.66. The number of hydrogen-bond acceptors (Lipinski definition) is 4. The Morgan fingerprint density at radius 3 is 2.72 bits per heavy atom. The second kappa shape index (κ2) is 5.11. The Morgan fingerprint density at radius 2 is 2.11 bits per heavy atom. The Bertz CT molecular complexity index is 544. The number of hydrogen-bond donors (Lipinski definition) is 0. The molecule has 1 aromatic heterocycles. The van der Waals surface area contributed by atoms with Crippen LogP contribution in [-0.4, -0.2) is 9.59 Å². The quantitative estimate of drug-likeness (QED) is 0.864. The van der Waals surface area contributed by atoms with Crippen LogP contribution in [0, 0.1) is 0 Å². The Kier molecular flexibility index (Phi) is 3.72. The molecule has 0 fully saturated rings. The molecular weight excluding hydrogens is 289 g/mol. The van der Waals surface area contributed by atoms with Crippen molar-refractivity contribution >= 4 is 23.1 Å². The van der Waals surface area contributed by atoms with Gasteiger partial charge in [0.05, 0.1) is 5.56 Å². The summed E-state index contributed by atoms with van der Waals surface area (Å²) in [5.41, 5.74) is -0.360. The van der Waals surface area contributed by atoms with Crippen LogP contribution in [0.3, 0.4) is 0 Å². The van der Waals surface area contributed by atoms with Gasteiger partial charge in [-0.05, 0) is 18.2 Å². The number of alkyl halides is 3. The Morgan fingerprint density at radius 1 is 1.33 bits per heavy atom. The summed E-state index contributed by atoms with van der Waals surface area (Å²) in [6.07, 6.45) is -4.39. The summed E-state index contributed by atoms with van der Waals surface area (Å²) in [6.45, 7) is -0.0172. The van der Waals surface area contributed by atoms with Crippen molar-refractivity contribution in [1.29, 1.82) is 0 Å². The summed E-state index contributed by atoms with van der Waals surface area (Å²) in [6, 6.07) is 4.61. The minimum absolute atomic E-state index is 0.0172. The molecule has 0 N–H and O–H groups in total. The predicted molar refractivity (Wildman–Crippen MR) is 60.7 cm³/mol. The van der Waals surface area contributed by atoms with Gasteiger partial charge in [-0.15, -0.1) is 5.10 Å². The van der Waals surface area contributed by atoms with E-state index in [1.54, 1.807) is 0 Å². The van der Waals surface area contributed by atoms with Crippen molar-refractivity contribution in [3.05, 3.63) is 39.9 Å². The van der Waals surface area contributed by atoms with Gasteiger partial charge in [-0.25, -0.2) is 0 Å². The number of rotatable bonds is 3. The first-order valence-corrected chi connectivity index (χ1v) is 5.89. The number of aromatic nitrogens is 2. The molecule has 2 rings (SSSR count). The minimum atomic E-state index is -4.39. The van der Waals surface area contributed by atoms with Gasteiger partial charge in [0.15, 0.2) is 0 Å². The number of nitrogens with zero attached hydrogens (tertiary/aromatic N) is 2. The van der Waals surface area contributed by atoms with Gasteiger partial charge in [-0.2, -0.15) is 13.2 Å². The summed E-state index contributed by atoms with van der Waals surface area (Å²) >= 11 is 6.73. The molecular formula is C10H6ClF3N2OS. The topological polar surface area (TPSA) is 35.0 Å². The molecule has 18 heavy (non-hydrogen) atoms. The second-order valence-electron chi connectivity index (χ2n) is 3.31. The van der Waals surface area contributed by atoms with Gasteiger partial charge in [0.25, 0.3) is 0 Å². The maximum Gasteiger partial charge on any atom is 0.416 e. The van der Waals surface area contributed by atoms with Crippen LogP contribution in [0.25, 0.3) is 0 Å². The molecule has 3 nitrogen and oxygen atoms in total. The highest BCUT2D eigenvalue weighted by Crippen LogP contribution is 2.31. The van der Waals surface area contributed by atoms with Gasteiger partial charge in [0.1, 0.15) is 22.4 Å². The fourth-order valence-electron chi connectivity index (χ4n) is 1.20. The van der Waals surface area contributed by atoms with Gasteiger partial charge < -0.3 is 4.74 Å². The van der Waals surface area contributed by atoms with E-state index in [0.29, 0.717) is 10.0 Å². The molecule has 0 amide bonds. The highest BCUT2D eigenvalue weighted by atomic mass is 35.5. The maximum atomic E-state index is 12.4. The lowest BCUT2D eigenvalue weighted by Gasteiger charge is -2.09. The summed E-state index contributed by atoms with van der Waals surface area (Å²) in [4.78, 5) is 0. The number of benzene rings is 1. The SMILES string of the molecule is FC(F)(F)c1cccc(OCc2nnsc2Cl)c1. The molecule has 96 valence electrons. The van der Waals surface area contributed by atoms with E-state index >= 15 is 0 Å². The van der Waals surface area contributed by atoms with Crippen molar-refractivity contribution in [3.63, 3.8) is 0 Å². The van der Waals surface area contributed by atoms with E-state index in [9.17, 15) is 13.2 Å². The largest absolute Gasteiger partial charge is 0.487 e. The van der Waals surface area contributed by atoms with E-state index in [4.69, 9.17) is 16.3 Å². The van der Waals surface area contributed by atoms with Crippen molar-refractivity contribution < 1.29 is 17.9 Å². The molecule has 1 heterocycles. The lowest BCUT2D eigenvalue weighted by Crippen LogP contribution is -2.05. The van der Waals surface area contributed by atoms with E-state index in [2.05, 4.69) is 9.59 Å². The normalized spacial score (nSPS) is 11.6. The predicted octanol–water partition coefficient (Wildman–Crippen LogP) is 3.79. The molecule has 0 aliphatic carbocycles. The van der Waals surface area contributed by atoms with Crippen molar-refractivity contribution in [1.82, 2.24) is 9.59 Å².